The van der Waals surface area contributed by atoms with Crippen molar-refractivity contribution in [3.8, 4) is 0 Å². The van der Waals surface area contributed by atoms with Crippen molar-refractivity contribution in [1.29, 1.82) is 0 Å². The molecule has 0 spiro atoms. The van der Waals surface area contributed by atoms with Crippen LogP contribution in [-0.4, -0.2) is 23.0 Å². The number of nitrogens with two attached hydrogens (primary N) is 1. The Kier molecular flexibility index (Phi) is 4.12. The minimum Gasteiger partial charge on any atom is -0.472 e. The number of pyridine rings is 1. The van der Waals surface area contributed by atoms with Crippen molar-refractivity contribution in [3.63, 3.8) is 0 Å². The quantitative estimate of drug-likeness (QED) is 0.877. The normalized spacial score (nSPS) is 14.7. The highest BCUT2D eigenvalue weighted by molar-refractivity contribution is 5.16. The summed E-state index contributed by atoms with van der Waals surface area (Å²) >= 11 is 0. The van der Waals surface area contributed by atoms with Gasteiger partial charge in [0.05, 0.1) is 18.6 Å². The summed E-state index contributed by atoms with van der Waals surface area (Å²) in [6.45, 7) is 2.82. The number of likely N-dealkylation sites (N-methyl/N-ethyl adjacent to an activating group) is 1. The second-order valence-corrected chi connectivity index (χ2v) is 4.64. The SMILES string of the molecule is CC(N)C(c1cccnc1)N(C)Cc1ccoc1. The number of hydrogen-bond donors (Lipinski definition) is 1. The fourth-order valence-electron chi connectivity index (χ4n) is 2.28. The molecule has 0 saturated heterocycles. The third-order valence-electron chi connectivity index (χ3n) is 3.01. The van der Waals surface area contributed by atoms with Gasteiger partial charge in [-0.15, -0.1) is 0 Å². The first kappa shape index (κ1) is 12.8. The van der Waals surface area contributed by atoms with Crippen LogP contribution in [0.3, 0.4) is 0 Å². The minimum atomic E-state index is 0.0334. The molecule has 0 aliphatic heterocycles. The second-order valence-electron chi connectivity index (χ2n) is 4.64. The van der Waals surface area contributed by atoms with E-state index in [0.717, 1.165) is 17.7 Å². The van der Waals surface area contributed by atoms with Gasteiger partial charge >= 0.3 is 0 Å². The molecule has 0 saturated carbocycles. The van der Waals surface area contributed by atoms with Crippen LogP contribution in [0.5, 0.6) is 0 Å². The average Bonchev–Trinajstić information content (AvgIpc) is 2.83. The summed E-state index contributed by atoms with van der Waals surface area (Å²) in [5.74, 6) is 0. The van der Waals surface area contributed by atoms with Crippen LogP contribution in [0.1, 0.15) is 24.1 Å². The van der Waals surface area contributed by atoms with Crippen LogP contribution >= 0.6 is 0 Å². The van der Waals surface area contributed by atoms with E-state index < -0.39 is 0 Å². The second kappa shape index (κ2) is 5.80. The summed E-state index contributed by atoms with van der Waals surface area (Å²) in [6.07, 6.45) is 7.10. The molecule has 0 bridgehead atoms. The van der Waals surface area contributed by atoms with Gasteiger partial charge in [0.25, 0.3) is 0 Å². The van der Waals surface area contributed by atoms with E-state index in [-0.39, 0.29) is 12.1 Å². The first-order chi connectivity index (χ1) is 8.68. The van der Waals surface area contributed by atoms with Gasteiger partial charge in [0.1, 0.15) is 0 Å². The zero-order valence-electron chi connectivity index (χ0n) is 10.8. The van der Waals surface area contributed by atoms with Crippen molar-refractivity contribution >= 4 is 0 Å². The molecule has 2 N–H and O–H groups in total. The molecule has 4 heteroatoms. The summed E-state index contributed by atoms with van der Waals surface area (Å²) in [5.41, 5.74) is 8.39. The first-order valence-corrected chi connectivity index (χ1v) is 6.05. The van der Waals surface area contributed by atoms with Crippen LogP contribution in [0, 0.1) is 0 Å². The molecule has 96 valence electrons. The molecule has 0 aromatic carbocycles. The maximum atomic E-state index is 6.11. The van der Waals surface area contributed by atoms with Gasteiger partial charge in [-0.05, 0) is 31.7 Å². The molecule has 0 fully saturated rings. The maximum absolute atomic E-state index is 6.11. The highest BCUT2D eigenvalue weighted by Gasteiger charge is 2.21. The van der Waals surface area contributed by atoms with Crippen LogP contribution in [0.15, 0.2) is 47.5 Å². The van der Waals surface area contributed by atoms with Gasteiger partial charge in [-0.1, -0.05) is 6.07 Å². The smallest absolute Gasteiger partial charge is 0.0947 e. The molecular weight excluding hydrogens is 226 g/mol. The fourth-order valence-corrected chi connectivity index (χ4v) is 2.28. The van der Waals surface area contributed by atoms with Crippen molar-refractivity contribution in [2.45, 2.75) is 25.6 Å². The fraction of sp³-hybridized carbons (Fsp3) is 0.357. The van der Waals surface area contributed by atoms with Crippen molar-refractivity contribution in [1.82, 2.24) is 9.88 Å². The molecule has 2 aromatic rings. The predicted molar refractivity (Wildman–Crippen MR) is 70.8 cm³/mol. The summed E-state index contributed by atoms with van der Waals surface area (Å²) in [6, 6.07) is 6.15. The Bertz CT molecular complexity index is 453. The standard InChI is InChI=1S/C14H19N3O/c1-11(15)14(13-4-3-6-16-8-13)17(2)9-12-5-7-18-10-12/h3-8,10-11,14H,9,15H2,1-2H3. The Morgan fingerprint density at radius 3 is 2.83 bits per heavy atom. The third-order valence-corrected chi connectivity index (χ3v) is 3.01. The number of furan rings is 1. The molecule has 2 atom stereocenters. The molecule has 2 unspecified atom stereocenters. The lowest BCUT2D eigenvalue weighted by Gasteiger charge is -2.30. The van der Waals surface area contributed by atoms with Gasteiger partial charge in [-0.25, -0.2) is 0 Å². The Labute approximate surface area is 107 Å². The highest BCUT2D eigenvalue weighted by Crippen LogP contribution is 2.23. The summed E-state index contributed by atoms with van der Waals surface area (Å²) < 4.78 is 5.09. The minimum absolute atomic E-state index is 0.0334. The highest BCUT2D eigenvalue weighted by atomic mass is 16.3. The van der Waals surface area contributed by atoms with E-state index in [9.17, 15) is 0 Å². The number of rotatable bonds is 5. The number of aromatic nitrogens is 1. The van der Waals surface area contributed by atoms with Gasteiger partial charge < -0.3 is 10.2 Å². The van der Waals surface area contributed by atoms with Crippen molar-refractivity contribution in [3.05, 3.63) is 54.2 Å². The lowest BCUT2D eigenvalue weighted by Crippen LogP contribution is -2.36. The van der Waals surface area contributed by atoms with Gasteiger partial charge in [0, 0.05) is 30.5 Å². The van der Waals surface area contributed by atoms with Crippen LogP contribution in [0.25, 0.3) is 0 Å². The molecule has 0 aliphatic rings. The zero-order valence-corrected chi connectivity index (χ0v) is 10.8. The molecule has 0 radical (unpaired) electrons. The lowest BCUT2D eigenvalue weighted by molar-refractivity contribution is 0.210. The third kappa shape index (κ3) is 2.97. The van der Waals surface area contributed by atoms with E-state index in [1.807, 2.05) is 25.3 Å². The molecule has 0 amide bonds. The zero-order chi connectivity index (χ0) is 13.0. The topological polar surface area (TPSA) is 55.3 Å². The Balaban J connectivity index is 2.15. The van der Waals surface area contributed by atoms with E-state index in [4.69, 9.17) is 10.2 Å². The Hall–Kier alpha value is -1.65. The van der Waals surface area contributed by atoms with Crippen LogP contribution in [-0.2, 0) is 6.54 Å². The largest absolute Gasteiger partial charge is 0.472 e. The lowest BCUT2D eigenvalue weighted by atomic mass is 10.0. The molecule has 18 heavy (non-hydrogen) atoms. The number of nitrogens with zero attached hydrogens (tertiary/aromatic N) is 2. The average molecular weight is 245 g/mol. The maximum Gasteiger partial charge on any atom is 0.0947 e. The van der Waals surface area contributed by atoms with Crippen LogP contribution < -0.4 is 5.73 Å². The van der Waals surface area contributed by atoms with Gasteiger partial charge in [-0.3, -0.25) is 9.88 Å². The summed E-state index contributed by atoms with van der Waals surface area (Å²) in [7, 11) is 2.06. The predicted octanol–water partition coefficient (Wildman–Crippen LogP) is 2.19. The Morgan fingerprint density at radius 2 is 2.28 bits per heavy atom. The molecule has 2 heterocycles. The molecule has 2 rings (SSSR count). The van der Waals surface area contributed by atoms with Gasteiger partial charge in [0.2, 0.25) is 0 Å². The van der Waals surface area contributed by atoms with Crippen molar-refractivity contribution in [2.24, 2.45) is 5.73 Å². The number of hydrogen-bond acceptors (Lipinski definition) is 4. The van der Waals surface area contributed by atoms with Crippen molar-refractivity contribution in [2.75, 3.05) is 7.05 Å². The van der Waals surface area contributed by atoms with E-state index in [0.29, 0.717) is 0 Å². The van der Waals surface area contributed by atoms with Crippen LogP contribution in [0.2, 0.25) is 0 Å². The van der Waals surface area contributed by atoms with E-state index >= 15 is 0 Å². The molecular formula is C14H19N3O. The molecule has 4 nitrogen and oxygen atoms in total. The van der Waals surface area contributed by atoms with E-state index in [1.54, 1.807) is 18.7 Å². The summed E-state index contributed by atoms with van der Waals surface area (Å²) in [5, 5.41) is 0. The van der Waals surface area contributed by atoms with Crippen molar-refractivity contribution < 1.29 is 4.42 Å². The van der Waals surface area contributed by atoms with Gasteiger partial charge in [0.15, 0.2) is 0 Å². The van der Waals surface area contributed by atoms with E-state index in [1.165, 1.54) is 0 Å². The van der Waals surface area contributed by atoms with E-state index in [2.05, 4.69) is 23.0 Å². The first-order valence-electron chi connectivity index (χ1n) is 6.05. The molecule has 0 aliphatic carbocycles. The Morgan fingerprint density at radius 1 is 1.44 bits per heavy atom. The van der Waals surface area contributed by atoms with Crippen LogP contribution in [0.4, 0.5) is 0 Å². The monoisotopic (exact) mass is 245 g/mol. The summed E-state index contributed by atoms with van der Waals surface area (Å²) in [4.78, 5) is 6.38. The molecule has 2 aromatic heterocycles. The van der Waals surface area contributed by atoms with Gasteiger partial charge in [-0.2, -0.15) is 0 Å².